The Morgan fingerprint density at radius 2 is 1.73 bits per heavy atom. The van der Waals surface area contributed by atoms with E-state index >= 15 is 0 Å². The monoisotopic (exact) mass is 338 g/mol. The maximum atomic E-state index is 12.3. The van der Waals surface area contributed by atoms with E-state index in [4.69, 9.17) is 11.6 Å². The third-order valence-electron chi connectivity index (χ3n) is 2.89. The second kappa shape index (κ2) is 6.37. The van der Waals surface area contributed by atoms with Crippen molar-refractivity contribution in [3.8, 4) is 0 Å². The average Bonchev–Trinajstić information content (AvgIpc) is 2.46. The smallest absolute Gasteiger partial charge is 0.261 e. The van der Waals surface area contributed by atoms with Crippen LogP contribution in [0.15, 0.2) is 53.4 Å². The number of rotatable bonds is 4. The van der Waals surface area contributed by atoms with E-state index < -0.39 is 10.0 Å². The number of hydrogen-bond acceptors (Lipinski definition) is 3. The molecule has 7 heteroatoms. The van der Waals surface area contributed by atoms with E-state index in [0.29, 0.717) is 16.3 Å². The van der Waals surface area contributed by atoms with Crippen LogP contribution in [0.4, 0.5) is 5.69 Å². The van der Waals surface area contributed by atoms with Crippen LogP contribution in [-0.2, 0) is 10.0 Å². The number of benzene rings is 2. The molecule has 1 N–H and O–H groups in total. The van der Waals surface area contributed by atoms with Crippen molar-refractivity contribution in [2.75, 3.05) is 18.8 Å². The molecule has 5 nitrogen and oxygen atoms in total. The summed E-state index contributed by atoms with van der Waals surface area (Å²) in [5.41, 5.74) is 0.726. The van der Waals surface area contributed by atoms with Crippen molar-refractivity contribution in [3.05, 3.63) is 59.1 Å². The second-order valence-corrected chi connectivity index (χ2v) is 6.96. The van der Waals surface area contributed by atoms with E-state index in [9.17, 15) is 13.2 Å². The van der Waals surface area contributed by atoms with Gasteiger partial charge in [-0.05, 0) is 42.5 Å². The van der Waals surface area contributed by atoms with Crippen LogP contribution in [0.1, 0.15) is 10.4 Å². The van der Waals surface area contributed by atoms with Gasteiger partial charge in [-0.15, -0.1) is 0 Å². The molecule has 0 saturated carbocycles. The Labute approximate surface area is 134 Å². The molecule has 0 saturated heterocycles. The van der Waals surface area contributed by atoms with Crippen LogP contribution in [0, 0.1) is 0 Å². The van der Waals surface area contributed by atoms with Gasteiger partial charge in [0.05, 0.1) is 4.90 Å². The number of anilines is 1. The maximum Gasteiger partial charge on any atom is 0.261 e. The third-order valence-corrected chi connectivity index (χ3v) is 4.54. The molecule has 1 amide bonds. The van der Waals surface area contributed by atoms with Crippen LogP contribution in [0.2, 0.25) is 5.02 Å². The molecule has 2 aromatic carbocycles. The second-order valence-electron chi connectivity index (χ2n) is 4.84. The quantitative estimate of drug-likeness (QED) is 0.932. The summed E-state index contributed by atoms with van der Waals surface area (Å²) in [5, 5.41) is 0.456. The fraction of sp³-hybridized carbons (Fsp3) is 0.133. The molecule has 0 atom stereocenters. The lowest BCUT2D eigenvalue weighted by Gasteiger charge is -2.12. The summed E-state index contributed by atoms with van der Waals surface area (Å²) in [7, 11) is -0.463. The molecule has 0 aliphatic carbocycles. The third kappa shape index (κ3) is 3.78. The molecule has 22 heavy (non-hydrogen) atoms. The number of nitrogens with zero attached hydrogens (tertiary/aromatic N) is 1. The van der Waals surface area contributed by atoms with E-state index in [1.165, 1.54) is 35.2 Å². The number of carbonyl (C=O) groups excluding carboxylic acids is 1. The van der Waals surface area contributed by atoms with Crippen LogP contribution in [-0.4, -0.2) is 33.3 Å². The van der Waals surface area contributed by atoms with E-state index in [2.05, 4.69) is 4.72 Å². The van der Waals surface area contributed by atoms with Gasteiger partial charge in [0.2, 0.25) is 0 Å². The minimum absolute atomic E-state index is 0.0984. The number of hydrogen-bond donors (Lipinski definition) is 1. The van der Waals surface area contributed by atoms with Gasteiger partial charge in [-0.25, -0.2) is 8.42 Å². The average molecular weight is 339 g/mol. The van der Waals surface area contributed by atoms with Crippen molar-refractivity contribution in [3.63, 3.8) is 0 Å². The first-order valence-electron chi connectivity index (χ1n) is 6.40. The van der Waals surface area contributed by atoms with Crippen LogP contribution >= 0.6 is 11.6 Å². The topological polar surface area (TPSA) is 66.5 Å². The SMILES string of the molecule is CN(C)C(=O)c1cccc(NS(=O)(=O)c2ccc(Cl)cc2)c1. The molecule has 0 unspecified atom stereocenters. The molecule has 0 bridgehead atoms. The van der Waals surface area contributed by atoms with Gasteiger partial charge in [0.15, 0.2) is 0 Å². The first kappa shape index (κ1) is 16.3. The number of carbonyl (C=O) groups is 1. The lowest BCUT2D eigenvalue weighted by Crippen LogP contribution is -2.22. The Hall–Kier alpha value is -2.05. The standard InChI is InChI=1S/C15H15ClN2O3S/c1-18(2)15(19)11-4-3-5-13(10-11)17-22(20,21)14-8-6-12(16)7-9-14/h3-10,17H,1-2H3. The molecule has 0 radical (unpaired) electrons. The minimum atomic E-state index is -3.73. The minimum Gasteiger partial charge on any atom is -0.345 e. The Morgan fingerprint density at radius 3 is 2.32 bits per heavy atom. The van der Waals surface area contributed by atoms with Gasteiger partial charge in [-0.3, -0.25) is 9.52 Å². The van der Waals surface area contributed by atoms with Crippen LogP contribution in [0.5, 0.6) is 0 Å². The number of nitrogens with one attached hydrogen (secondary N) is 1. The summed E-state index contributed by atoms with van der Waals surface area (Å²) in [6.45, 7) is 0. The molecule has 0 aliphatic rings. The zero-order chi connectivity index (χ0) is 16.3. The molecule has 2 rings (SSSR count). The van der Waals surface area contributed by atoms with Gasteiger partial charge in [-0.1, -0.05) is 17.7 Å². The Kier molecular flexibility index (Phi) is 4.73. The van der Waals surface area contributed by atoms with Crippen molar-refractivity contribution in [1.82, 2.24) is 4.90 Å². The molecule has 116 valence electrons. The summed E-state index contributed by atoms with van der Waals surface area (Å²) in [5.74, 6) is -0.201. The highest BCUT2D eigenvalue weighted by atomic mass is 35.5. The number of amides is 1. The van der Waals surface area contributed by atoms with E-state index in [1.807, 2.05) is 0 Å². The molecule has 0 spiro atoms. The Balaban J connectivity index is 2.28. The first-order chi connectivity index (χ1) is 10.3. The first-order valence-corrected chi connectivity index (χ1v) is 8.26. The van der Waals surface area contributed by atoms with E-state index in [-0.39, 0.29) is 10.8 Å². The fourth-order valence-corrected chi connectivity index (χ4v) is 2.98. The predicted molar refractivity (Wildman–Crippen MR) is 86.7 cm³/mol. The Morgan fingerprint density at radius 1 is 1.09 bits per heavy atom. The fourth-order valence-electron chi connectivity index (χ4n) is 1.80. The molecular weight excluding hydrogens is 324 g/mol. The summed E-state index contributed by atoms with van der Waals surface area (Å²) >= 11 is 5.75. The zero-order valence-electron chi connectivity index (χ0n) is 12.1. The highest BCUT2D eigenvalue weighted by Gasteiger charge is 2.15. The van der Waals surface area contributed by atoms with E-state index in [1.54, 1.807) is 32.3 Å². The van der Waals surface area contributed by atoms with Crippen LogP contribution in [0.25, 0.3) is 0 Å². The molecule has 2 aromatic rings. The molecule has 0 fully saturated rings. The summed E-state index contributed by atoms with van der Waals surface area (Å²) in [4.78, 5) is 13.4. The van der Waals surface area contributed by atoms with Gasteiger partial charge >= 0.3 is 0 Å². The predicted octanol–water partition coefficient (Wildman–Crippen LogP) is 2.84. The van der Waals surface area contributed by atoms with Gasteiger partial charge in [-0.2, -0.15) is 0 Å². The molecule has 0 aromatic heterocycles. The lowest BCUT2D eigenvalue weighted by atomic mass is 10.2. The zero-order valence-corrected chi connectivity index (χ0v) is 13.6. The van der Waals surface area contributed by atoms with Gasteiger partial charge in [0.25, 0.3) is 15.9 Å². The summed E-state index contributed by atoms with van der Waals surface area (Å²) < 4.78 is 27.0. The largest absolute Gasteiger partial charge is 0.345 e. The lowest BCUT2D eigenvalue weighted by molar-refractivity contribution is 0.0827. The van der Waals surface area contributed by atoms with Crippen molar-refractivity contribution in [1.29, 1.82) is 0 Å². The van der Waals surface area contributed by atoms with Crippen molar-refractivity contribution < 1.29 is 13.2 Å². The molecular formula is C15H15ClN2O3S. The number of halogens is 1. The normalized spacial score (nSPS) is 11.0. The maximum absolute atomic E-state index is 12.3. The Bertz CT molecular complexity index is 787. The number of sulfonamides is 1. The summed E-state index contributed by atoms with van der Waals surface area (Å²) in [6.07, 6.45) is 0. The van der Waals surface area contributed by atoms with Crippen molar-refractivity contribution in [2.45, 2.75) is 4.90 Å². The van der Waals surface area contributed by atoms with Crippen molar-refractivity contribution in [2.24, 2.45) is 0 Å². The molecule has 0 heterocycles. The van der Waals surface area contributed by atoms with Gasteiger partial charge in [0, 0.05) is 30.4 Å². The highest BCUT2D eigenvalue weighted by molar-refractivity contribution is 7.92. The van der Waals surface area contributed by atoms with Crippen LogP contribution < -0.4 is 4.72 Å². The summed E-state index contributed by atoms with van der Waals surface area (Å²) in [6, 6.07) is 12.2. The van der Waals surface area contributed by atoms with E-state index in [0.717, 1.165) is 0 Å². The molecule has 0 aliphatic heterocycles. The van der Waals surface area contributed by atoms with Gasteiger partial charge < -0.3 is 4.90 Å². The van der Waals surface area contributed by atoms with Gasteiger partial charge in [0.1, 0.15) is 0 Å². The highest BCUT2D eigenvalue weighted by Crippen LogP contribution is 2.19. The van der Waals surface area contributed by atoms with Crippen molar-refractivity contribution >= 4 is 33.2 Å². The van der Waals surface area contributed by atoms with Crippen LogP contribution in [0.3, 0.4) is 0 Å².